The van der Waals surface area contributed by atoms with Gasteiger partial charge in [0.1, 0.15) is 0 Å². The van der Waals surface area contributed by atoms with Crippen LogP contribution in [-0.2, 0) is 0 Å². The first-order valence-electron chi connectivity index (χ1n) is 5.02. The maximum atomic E-state index is 10.1. The molecule has 2 N–H and O–H groups in total. The molecule has 68 valence electrons. The molecule has 0 aromatic rings. The van der Waals surface area contributed by atoms with E-state index in [1.54, 1.807) is 0 Å². The van der Waals surface area contributed by atoms with Crippen molar-refractivity contribution in [2.24, 2.45) is 11.8 Å². The van der Waals surface area contributed by atoms with Gasteiger partial charge >= 0.3 is 0 Å². The highest BCUT2D eigenvalue weighted by Crippen LogP contribution is 2.57. The van der Waals surface area contributed by atoms with Crippen LogP contribution in [0.25, 0.3) is 0 Å². The van der Waals surface area contributed by atoms with Gasteiger partial charge < -0.3 is 10.2 Å². The van der Waals surface area contributed by atoms with Gasteiger partial charge in [0, 0.05) is 6.42 Å². The molecular weight excluding hydrogens is 152 g/mol. The molecule has 0 saturated heterocycles. The van der Waals surface area contributed by atoms with Crippen molar-refractivity contribution in [1.82, 2.24) is 0 Å². The van der Waals surface area contributed by atoms with E-state index in [9.17, 15) is 10.2 Å². The minimum absolute atomic E-state index is 0.487. The van der Waals surface area contributed by atoms with Crippen LogP contribution in [0.2, 0.25) is 0 Å². The first-order valence-corrected chi connectivity index (χ1v) is 5.02. The largest absolute Gasteiger partial charge is 0.390 e. The Kier molecular flexibility index (Phi) is 1.15. The monoisotopic (exact) mass is 168 g/mol. The zero-order valence-corrected chi connectivity index (χ0v) is 7.29. The van der Waals surface area contributed by atoms with Gasteiger partial charge in [-0.15, -0.1) is 0 Å². The summed E-state index contributed by atoms with van der Waals surface area (Å²) < 4.78 is 0. The van der Waals surface area contributed by atoms with Crippen LogP contribution in [0, 0.1) is 11.8 Å². The summed E-state index contributed by atoms with van der Waals surface area (Å²) in [4.78, 5) is 0. The second-order valence-corrected chi connectivity index (χ2v) is 5.41. The average molecular weight is 168 g/mol. The first-order chi connectivity index (χ1) is 5.57. The van der Waals surface area contributed by atoms with Gasteiger partial charge in [-0.05, 0) is 43.9 Å². The molecule has 4 aliphatic rings. The fraction of sp³-hybridized carbons (Fsp3) is 1.00. The molecular formula is C10H16O2. The Balaban J connectivity index is 1.98. The summed E-state index contributed by atoms with van der Waals surface area (Å²) in [6.45, 7) is 0. The molecule has 4 fully saturated rings. The van der Waals surface area contributed by atoms with E-state index in [-0.39, 0.29) is 0 Å². The van der Waals surface area contributed by atoms with Crippen molar-refractivity contribution in [2.75, 3.05) is 0 Å². The van der Waals surface area contributed by atoms with Gasteiger partial charge in [-0.1, -0.05) is 0 Å². The zero-order chi connectivity index (χ0) is 8.40. The van der Waals surface area contributed by atoms with Crippen LogP contribution in [-0.4, -0.2) is 21.4 Å². The fourth-order valence-electron chi connectivity index (χ4n) is 4.17. The van der Waals surface area contributed by atoms with E-state index in [2.05, 4.69) is 0 Å². The Morgan fingerprint density at radius 2 is 1.25 bits per heavy atom. The minimum Gasteiger partial charge on any atom is -0.390 e. The lowest BCUT2D eigenvalue weighted by molar-refractivity contribution is -0.198. The van der Waals surface area contributed by atoms with E-state index in [1.807, 2.05) is 0 Å². The third kappa shape index (κ3) is 0.882. The molecule has 0 amide bonds. The standard InChI is InChI=1S/C10H16O2/c11-9-2-7-1-8(4-9)5-10(12,3-7)6-9/h7-8,11-12H,1-6H2/t7-,8-,9-,10+. The fourth-order valence-corrected chi connectivity index (χ4v) is 4.17. The van der Waals surface area contributed by atoms with Gasteiger partial charge in [0.05, 0.1) is 11.2 Å². The van der Waals surface area contributed by atoms with Crippen molar-refractivity contribution in [1.29, 1.82) is 0 Å². The highest BCUT2D eigenvalue weighted by Gasteiger charge is 2.56. The van der Waals surface area contributed by atoms with Crippen LogP contribution in [0.5, 0.6) is 0 Å². The molecule has 4 bridgehead atoms. The maximum Gasteiger partial charge on any atom is 0.0680 e. The maximum absolute atomic E-state index is 10.1. The molecule has 0 aliphatic heterocycles. The third-order valence-corrected chi connectivity index (χ3v) is 4.00. The van der Waals surface area contributed by atoms with Gasteiger partial charge in [0.2, 0.25) is 0 Å². The lowest BCUT2D eigenvalue weighted by Gasteiger charge is -2.58. The molecule has 0 atom stereocenters. The van der Waals surface area contributed by atoms with E-state index < -0.39 is 11.2 Å². The molecule has 2 nitrogen and oxygen atoms in total. The van der Waals surface area contributed by atoms with Crippen LogP contribution >= 0.6 is 0 Å². The minimum atomic E-state index is -0.487. The van der Waals surface area contributed by atoms with Gasteiger partial charge in [-0.2, -0.15) is 0 Å². The number of rotatable bonds is 0. The summed E-state index contributed by atoms with van der Waals surface area (Å²) in [6.07, 6.45) is 5.70. The molecule has 2 heteroatoms. The molecule has 4 rings (SSSR count). The quantitative estimate of drug-likeness (QED) is 0.568. The lowest BCUT2D eigenvalue weighted by Crippen LogP contribution is -2.58. The molecule has 0 radical (unpaired) electrons. The van der Waals surface area contributed by atoms with Crippen molar-refractivity contribution in [3.8, 4) is 0 Å². The third-order valence-electron chi connectivity index (χ3n) is 4.00. The Labute approximate surface area is 72.6 Å². The second kappa shape index (κ2) is 1.88. The van der Waals surface area contributed by atoms with Gasteiger partial charge in [-0.25, -0.2) is 0 Å². The average Bonchev–Trinajstić information content (AvgIpc) is 1.75. The van der Waals surface area contributed by atoms with Crippen LogP contribution in [0.15, 0.2) is 0 Å². The van der Waals surface area contributed by atoms with E-state index in [0.717, 1.165) is 25.7 Å². The van der Waals surface area contributed by atoms with Crippen LogP contribution in [0.3, 0.4) is 0 Å². The van der Waals surface area contributed by atoms with Crippen LogP contribution < -0.4 is 0 Å². The molecule has 12 heavy (non-hydrogen) atoms. The van der Waals surface area contributed by atoms with Crippen molar-refractivity contribution in [3.05, 3.63) is 0 Å². The lowest BCUT2D eigenvalue weighted by atomic mass is 9.52. The Hall–Kier alpha value is -0.0800. The highest BCUT2D eigenvalue weighted by molar-refractivity contribution is 5.08. The topological polar surface area (TPSA) is 40.5 Å². The van der Waals surface area contributed by atoms with Crippen LogP contribution in [0.1, 0.15) is 38.5 Å². The summed E-state index contributed by atoms with van der Waals surface area (Å²) in [7, 11) is 0. The normalized spacial score (nSPS) is 62.5. The SMILES string of the molecule is O[C@]12C[C@H]3C[C@H](C1)C[C@@](O)(C3)C2. The smallest absolute Gasteiger partial charge is 0.0680 e. The Bertz CT molecular complexity index is 190. The predicted octanol–water partition coefficient (Wildman–Crippen LogP) is 1.06. The predicted molar refractivity (Wildman–Crippen MR) is 44.6 cm³/mol. The number of aliphatic hydroxyl groups is 2. The Morgan fingerprint density at radius 3 is 1.58 bits per heavy atom. The van der Waals surface area contributed by atoms with E-state index in [0.29, 0.717) is 18.3 Å². The van der Waals surface area contributed by atoms with E-state index in [1.165, 1.54) is 6.42 Å². The number of hydrogen-bond acceptors (Lipinski definition) is 2. The van der Waals surface area contributed by atoms with Gasteiger partial charge in [0.15, 0.2) is 0 Å². The molecule has 0 spiro atoms. The Morgan fingerprint density at radius 1 is 0.833 bits per heavy atom. The van der Waals surface area contributed by atoms with Crippen molar-refractivity contribution in [2.45, 2.75) is 49.7 Å². The van der Waals surface area contributed by atoms with Gasteiger partial charge in [0.25, 0.3) is 0 Å². The molecule has 4 saturated carbocycles. The summed E-state index contributed by atoms with van der Waals surface area (Å²) in [5.41, 5.74) is -0.975. The second-order valence-electron chi connectivity index (χ2n) is 5.41. The summed E-state index contributed by atoms with van der Waals surface area (Å²) in [5, 5.41) is 20.2. The van der Waals surface area contributed by atoms with E-state index >= 15 is 0 Å². The molecule has 0 aromatic heterocycles. The number of hydrogen-bond donors (Lipinski definition) is 2. The molecule has 0 aromatic carbocycles. The van der Waals surface area contributed by atoms with Gasteiger partial charge in [-0.3, -0.25) is 0 Å². The first kappa shape index (κ1) is 7.34. The molecule has 0 heterocycles. The highest BCUT2D eigenvalue weighted by atomic mass is 16.3. The van der Waals surface area contributed by atoms with Crippen LogP contribution in [0.4, 0.5) is 0 Å². The zero-order valence-electron chi connectivity index (χ0n) is 7.29. The summed E-state index contributed by atoms with van der Waals surface area (Å²) in [5.74, 6) is 1.22. The molecule has 0 unspecified atom stereocenters. The van der Waals surface area contributed by atoms with Crippen molar-refractivity contribution < 1.29 is 10.2 Å². The molecule has 4 aliphatic carbocycles. The van der Waals surface area contributed by atoms with E-state index in [4.69, 9.17) is 0 Å². The summed E-state index contributed by atoms with van der Waals surface area (Å²) >= 11 is 0. The summed E-state index contributed by atoms with van der Waals surface area (Å²) in [6, 6.07) is 0. The van der Waals surface area contributed by atoms with Crippen molar-refractivity contribution in [3.63, 3.8) is 0 Å². The van der Waals surface area contributed by atoms with Crippen molar-refractivity contribution >= 4 is 0 Å².